The predicted octanol–water partition coefficient (Wildman–Crippen LogP) is 3.70. The summed E-state index contributed by atoms with van der Waals surface area (Å²) in [5.74, 6) is -0.449. The topological polar surface area (TPSA) is 57.6 Å². The van der Waals surface area contributed by atoms with Crippen LogP contribution < -0.4 is 4.90 Å². The standard InChI is InChI=1S/C20H19NO3/c1-3-21(4-2)13-9-10-15(18(22)11-13)17-12-19(23)14-7-5-6-8-16(14)20(17)24/h5-12,22H,3-4H2,1-2H3. The number of aromatic hydroxyl groups is 1. The van der Waals surface area contributed by atoms with Gasteiger partial charge in [-0.1, -0.05) is 24.3 Å². The van der Waals surface area contributed by atoms with E-state index in [2.05, 4.69) is 4.90 Å². The van der Waals surface area contributed by atoms with Crippen LogP contribution in [0.5, 0.6) is 5.75 Å². The Hall–Kier alpha value is -2.88. The highest BCUT2D eigenvalue weighted by molar-refractivity contribution is 6.39. The lowest BCUT2D eigenvalue weighted by atomic mass is 9.86. The maximum atomic E-state index is 12.7. The van der Waals surface area contributed by atoms with Gasteiger partial charge in [-0.05, 0) is 32.1 Å². The quantitative estimate of drug-likeness (QED) is 0.933. The largest absolute Gasteiger partial charge is 0.507 e. The maximum Gasteiger partial charge on any atom is 0.194 e. The van der Waals surface area contributed by atoms with Crippen molar-refractivity contribution in [3.63, 3.8) is 0 Å². The van der Waals surface area contributed by atoms with Crippen LogP contribution in [0.15, 0.2) is 48.5 Å². The van der Waals surface area contributed by atoms with E-state index in [0.29, 0.717) is 16.7 Å². The van der Waals surface area contributed by atoms with Crippen molar-refractivity contribution in [2.24, 2.45) is 0 Å². The van der Waals surface area contributed by atoms with E-state index in [-0.39, 0.29) is 22.9 Å². The van der Waals surface area contributed by atoms with Gasteiger partial charge in [-0.25, -0.2) is 0 Å². The van der Waals surface area contributed by atoms with Crippen LogP contribution in [0, 0.1) is 0 Å². The highest BCUT2D eigenvalue weighted by Crippen LogP contribution is 2.34. The van der Waals surface area contributed by atoms with Crippen LogP contribution in [0.2, 0.25) is 0 Å². The van der Waals surface area contributed by atoms with E-state index in [1.165, 1.54) is 6.08 Å². The lowest BCUT2D eigenvalue weighted by molar-refractivity contribution is 0.100. The molecule has 0 bridgehead atoms. The summed E-state index contributed by atoms with van der Waals surface area (Å²) >= 11 is 0. The average molecular weight is 321 g/mol. The molecule has 0 saturated carbocycles. The molecule has 2 aromatic rings. The molecule has 0 saturated heterocycles. The Morgan fingerprint density at radius 2 is 1.58 bits per heavy atom. The molecule has 0 aromatic heterocycles. The van der Waals surface area contributed by atoms with E-state index in [9.17, 15) is 14.7 Å². The summed E-state index contributed by atoms with van der Waals surface area (Å²) in [5.41, 5.74) is 2.30. The number of anilines is 1. The van der Waals surface area contributed by atoms with Crippen LogP contribution in [0.25, 0.3) is 5.57 Å². The third-order valence-corrected chi connectivity index (χ3v) is 4.36. The molecule has 1 aliphatic rings. The van der Waals surface area contributed by atoms with Crippen molar-refractivity contribution in [2.45, 2.75) is 13.8 Å². The number of rotatable bonds is 4. The van der Waals surface area contributed by atoms with Gasteiger partial charge < -0.3 is 10.0 Å². The molecule has 122 valence electrons. The van der Waals surface area contributed by atoms with Crippen molar-refractivity contribution in [1.29, 1.82) is 0 Å². The van der Waals surface area contributed by atoms with Gasteiger partial charge in [0.15, 0.2) is 11.6 Å². The van der Waals surface area contributed by atoms with E-state index in [4.69, 9.17) is 0 Å². The monoisotopic (exact) mass is 321 g/mol. The summed E-state index contributed by atoms with van der Waals surface area (Å²) in [4.78, 5) is 27.1. The fourth-order valence-electron chi connectivity index (χ4n) is 3.05. The average Bonchev–Trinajstić information content (AvgIpc) is 2.60. The van der Waals surface area contributed by atoms with Crippen LogP contribution in [-0.2, 0) is 0 Å². The number of benzene rings is 2. The smallest absolute Gasteiger partial charge is 0.194 e. The Labute approximate surface area is 141 Å². The Kier molecular flexibility index (Phi) is 4.21. The molecule has 4 nitrogen and oxygen atoms in total. The van der Waals surface area contributed by atoms with Gasteiger partial charge in [0.25, 0.3) is 0 Å². The van der Waals surface area contributed by atoms with E-state index >= 15 is 0 Å². The van der Waals surface area contributed by atoms with E-state index in [1.807, 2.05) is 19.9 Å². The van der Waals surface area contributed by atoms with E-state index in [1.54, 1.807) is 36.4 Å². The number of carbonyl (C=O) groups excluding carboxylic acids is 2. The number of ketones is 2. The number of fused-ring (bicyclic) bond motifs is 1. The number of Topliss-reactive ketones (excluding diaryl/α,β-unsaturated/α-hetero) is 1. The SMILES string of the molecule is CCN(CC)c1ccc(C2=CC(=O)c3ccccc3C2=O)c(O)c1. The van der Waals surface area contributed by atoms with Gasteiger partial charge in [0, 0.05) is 47.1 Å². The number of hydrogen-bond acceptors (Lipinski definition) is 4. The van der Waals surface area contributed by atoms with Crippen LogP contribution >= 0.6 is 0 Å². The van der Waals surface area contributed by atoms with Crippen molar-refractivity contribution < 1.29 is 14.7 Å². The molecule has 0 heterocycles. The van der Waals surface area contributed by atoms with Gasteiger partial charge in [-0.3, -0.25) is 9.59 Å². The zero-order valence-electron chi connectivity index (χ0n) is 13.7. The van der Waals surface area contributed by atoms with E-state index < -0.39 is 0 Å². The minimum atomic E-state index is -0.240. The Morgan fingerprint density at radius 1 is 0.917 bits per heavy atom. The van der Waals surface area contributed by atoms with Gasteiger partial charge in [0.2, 0.25) is 0 Å². The zero-order valence-corrected chi connectivity index (χ0v) is 13.7. The molecule has 1 N–H and O–H groups in total. The summed E-state index contributed by atoms with van der Waals surface area (Å²) in [5, 5.41) is 10.4. The highest BCUT2D eigenvalue weighted by atomic mass is 16.3. The summed E-state index contributed by atoms with van der Waals surface area (Å²) in [7, 11) is 0. The summed E-state index contributed by atoms with van der Waals surface area (Å²) in [6.45, 7) is 5.72. The van der Waals surface area contributed by atoms with E-state index in [0.717, 1.165) is 18.8 Å². The lowest BCUT2D eigenvalue weighted by Gasteiger charge is -2.22. The summed E-state index contributed by atoms with van der Waals surface area (Å²) < 4.78 is 0. The summed E-state index contributed by atoms with van der Waals surface area (Å²) in [6, 6.07) is 12.0. The van der Waals surface area contributed by atoms with Gasteiger partial charge in [0.1, 0.15) is 5.75 Å². The van der Waals surface area contributed by atoms with Crippen molar-refractivity contribution in [1.82, 2.24) is 0 Å². The molecule has 1 aliphatic carbocycles. The van der Waals surface area contributed by atoms with Crippen molar-refractivity contribution in [3.05, 3.63) is 65.2 Å². The molecule has 0 aliphatic heterocycles. The molecule has 0 spiro atoms. The number of carbonyl (C=O) groups is 2. The first kappa shape index (κ1) is 16.0. The fourth-order valence-corrected chi connectivity index (χ4v) is 3.05. The molecule has 3 rings (SSSR count). The fraction of sp³-hybridized carbons (Fsp3) is 0.200. The van der Waals surface area contributed by atoms with Gasteiger partial charge >= 0.3 is 0 Å². The minimum Gasteiger partial charge on any atom is -0.507 e. The number of hydrogen-bond donors (Lipinski definition) is 1. The van der Waals surface area contributed by atoms with Crippen molar-refractivity contribution in [2.75, 3.05) is 18.0 Å². The van der Waals surface area contributed by atoms with Crippen LogP contribution in [-0.4, -0.2) is 29.8 Å². The Balaban J connectivity index is 2.04. The predicted molar refractivity (Wildman–Crippen MR) is 94.7 cm³/mol. The second-order valence-electron chi connectivity index (χ2n) is 5.67. The zero-order chi connectivity index (χ0) is 17.3. The Bertz CT molecular complexity index is 848. The lowest BCUT2D eigenvalue weighted by Crippen LogP contribution is -2.21. The first-order chi connectivity index (χ1) is 11.6. The van der Waals surface area contributed by atoms with Crippen molar-refractivity contribution >= 4 is 22.8 Å². The second-order valence-corrected chi connectivity index (χ2v) is 5.67. The first-order valence-corrected chi connectivity index (χ1v) is 8.04. The Morgan fingerprint density at radius 3 is 2.21 bits per heavy atom. The molecule has 0 amide bonds. The molecule has 24 heavy (non-hydrogen) atoms. The normalized spacial score (nSPS) is 13.5. The molecular weight excluding hydrogens is 302 g/mol. The molecule has 0 atom stereocenters. The van der Waals surface area contributed by atoms with Crippen LogP contribution in [0.4, 0.5) is 5.69 Å². The number of phenols is 1. The molecule has 0 unspecified atom stereocenters. The van der Waals surface area contributed by atoms with Crippen LogP contribution in [0.3, 0.4) is 0 Å². The van der Waals surface area contributed by atoms with Gasteiger partial charge in [-0.15, -0.1) is 0 Å². The third kappa shape index (κ3) is 2.60. The molecule has 0 fully saturated rings. The van der Waals surface area contributed by atoms with Crippen molar-refractivity contribution in [3.8, 4) is 5.75 Å². The second kappa shape index (κ2) is 6.32. The molecule has 2 aromatic carbocycles. The summed E-state index contributed by atoms with van der Waals surface area (Å²) in [6.07, 6.45) is 1.32. The van der Waals surface area contributed by atoms with Gasteiger partial charge in [0.05, 0.1) is 0 Å². The third-order valence-electron chi connectivity index (χ3n) is 4.36. The number of allylic oxidation sites excluding steroid dienone is 2. The molecular formula is C20H19NO3. The minimum absolute atomic E-state index is 0.00572. The first-order valence-electron chi connectivity index (χ1n) is 8.04. The molecule has 4 heteroatoms. The van der Waals surface area contributed by atoms with Gasteiger partial charge in [-0.2, -0.15) is 0 Å². The van der Waals surface area contributed by atoms with Crippen LogP contribution in [0.1, 0.15) is 40.1 Å². The maximum absolute atomic E-state index is 12.7. The number of phenolic OH excluding ortho intramolecular Hbond substituents is 1. The highest BCUT2D eigenvalue weighted by Gasteiger charge is 2.27. The number of nitrogens with zero attached hydrogens (tertiary/aromatic N) is 1. The molecule has 0 radical (unpaired) electrons.